The van der Waals surface area contributed by atoms with Gasteiger partial charge in [0.1, 0.15) is 17.3 Å². The molecule has 0 bridgehead atoms. The second kappa shape index (κ2) is 6.09. The number of fused-ring (bicyclic) bond motifs is 2. The molecule has 1 amide bonds. The van der Waals surface area contributed by atoms with E-state index >= 15 is 0 Å². The lowest BCUT2D eigenvalue weighted by Crippen LogP contribution is -2.29. The summed E-state index contributed by atoms with van der Waals surface area (Å²) in [7, 11) is 3.22. The van der Waals surface area contributed by atoms with E-state index in [0.717, 1.165) is 34.5 Å². The second-order valence-electron chi connectivity index (χ2n) is 5.94. The molecular weight excluding hydrogens is 316 g/mol. The summed E-state index contributed by atoms with van der Waals surface area (Å²) in [4.78, 5) is 19.5. The van der Waals surface area contributed by atoms with Gasteiger partial charge in [-0.3, -0.25) is 9.69 Å². The molecule has 4 rings (SSSR count). The van der Waals surface area contributed by atoms with E-state index in [4.69, 9.17) is 14.5 Å². The Balaban J connectivity index is 1.76. The molecule has 0 spiro atoms. The number of carbonyl (C=O) groups is 1. The average Bonchev–Trinajstić information content (AvgIpc) is 3.07. The highest BCUT2D eigenvalue weighted by Crippen LogP contribution is 2.33. The van der Waals surface area contributed by atoms with Crippen molar-refractivity contribution >= 4 is 22.6 Å². The van der Waals surface area contributed by atoms with Crippen LogP contribution in [0.2, 0.25) is 0 Å². The first-order valence-electron chi connectivity index (χ1n) is 8.14. The fraction of sp³-hybridized carbons (Fsp3) is 0.200. The normalized spacial score (nSPS) is 13.0. The van der Waals surface area contributed by atoms with Gasteiger partial charge in [0.15, 0.2) is 0 Å². The molecule has 0 aliphatic carbocycles. The SMILES string of the molecule is COc1ccc2nc3c(cc2c1)CCN3C(=O)c1ccccc1OC. The Bertz CT molecular complexity index is 968. The molecular formula is C20H18N2O3. The minimum absolute atomic E-state index is 0.0865. The quantitative estimate of drug-likeness (QED) is 0.736. The molecule has 25 heavy (non-hydrogen) atoms. The molecule has 0 fully saturated rings. The first kappa shape index (κ1) is 15.4. The van der Waals surface area contributed by atoms with Gasteiger partial charge in [-0.15, -0.1) is 0 Å². The predicted octanol–water partition coefficient (Wildman–Crippen LogP) is 3.45. The van der Waals surface area contributed by atoms with Crippen LogP contribution in [0.3, 0.4) is 0 Å². The Morgan fingerprint density at radius 2 is 1.92 bits per heavy atom. The summed E-state index contributed by atoms with van der Waals surface area (Å²) in [6.45, 7) is 0.618. The Morgan fingerprint density at radius 3 is 2.72 bits per heavy atom. The molecule has 5 nitrogen and oxygen atoms in total. The number of para-hydroxylation sites is 1. The summed E-state index contributed by atoms with van der Waals surface area (Å²) in [6.07, 6.45) is 0.788. The number of benzene rings is 2. The second-order valence-corrected chi connectivity index (χ2v) is 5.94. The molecule has 0 saturated heterocycles. The third kappa shape index (κ3) is 2.58. The third-order valence-corrected chi connectivity index (χ3v) is 4.52. The Hall–Kier alpha value is -3.08. The lowest BCUT2D eigenvalue weighted by atomic mass is 10.1. The highest BCUT2D eigenvalue weighted by molar-refractivity contribution is 6.09. The van der Waals surface area contributed by atoms with Crippen molar-refractivity contribution in [3.05, 3.63) is 59.7 Å². The maximum Gasteiger partial charge on any atom is 0.263 e. The highest BCUT2D eigenvalue weighted by atomic mass is 16.5. The maximum atomic E-state index is 13.0. The number of pyridine rings is 1. The van der Waals surface area contributed by atoms with Gasteiger partial charge >= 0.3 is 0 Å². The van der Waals surface area contributed by atoms with Crippen LogP contribution in [0.4, 0.5) is 5.82 Å². The lowest BCUT2D eigenvalue weighted by molar-refractivity contribution is 0.0986. The van der Waals surface area contributed by atoms with Gasteiger partial charge in [0.25, 0.3) is 5.91 Å². The number of ether oxygens (including phenoxy) is 2. The van der Waals surface area contributed by atoms with E-state index in [1.807, 2.05) is 30.3 Å². The average molecular weight is 334 g/mol. The molecule has 2 heterocycles. The van der Waals surface area contributed by atoms with Gasteiger partial charge < -0.3 is 9.47 Å². The Labute approximate surface area is 145 Å². The number of hydrogen-bond acceptors (Lipinski definition) is 4. The summed E-state index contributed by atoms with van der Waals surface area (Å²) in [5.74, 6) is 2.02. The number of anilines is 1. The monoisotopic (exact) mass is 334 g/mol. The number of nitrogens with zero attached hydrogens (tertiary/aromatic N) is 2. The molecule has 3 aromatic rings. The fourth-order valence-corrected chi connectivity index (χ4v) is 3.24. The smallest absolute Gasteiger partial charge is 0.263 e. The van der Waals surface area contributed by atoms with Crippen LogP contribution >= 0.6 is 0 Å². The summed E-state index contributed by atoms with van der Waals surface area (Å²) >= 11 is 0. The van der Waals surface area contributed by atoms with Gasteiger partial charge in [0.05, 0.1) is 25.3 Å². The van der Waals surface area contributed by atoms with E-state index in [1.54, 1.807) is 31.3 Å². The summed E-state index contributed by atoms with van der Waals surface area (Å²) in [5, 5.41) is 1.02. The minimum Gasteiger partial charge on any atom is -0.497 e. The zero-order chi connectivity index (χ0) is 17.4. The van der Waals surface area contributed by atoms with Crippen LogP contribution in [0, 0.1) is 0 Å². The van der Waals surface area contributed by atoms with Crippen LogP contribution in [0.5, 0.6) is 11.5 Å². The van der Waals surface area contributed by atoms with Crippen molar-refractivity contribution in [2.75, 3.05) is 25.7 Å². The van der Waals surface area contributed by atoms with Gasteiger partial charge in [-0.2, -0.15) is 0 Å². The standard InChI is InChI=1S/C20H18N2O3/c1-24-15-7-8-17-14(12-15)11-13-9-10-22(19(13)21-17)20(23)16-5-3-4-6-18(16)25-2/h3-8,11-12H,9-10H2,1-2H3. The largest absolute Gasteiger partial charge is 0.497 e. The molecule has 126 valence electrons. The van der Waals surface area contributed by atoms with Crippen molar-refractivity contribution in [2.45, 2.75) is 6.42 Å². The van der Waals surface area contributed by atoms with E-state index < -0.39 is 0 Å². The van der Waals surface area contributed by atoms with Crippen LogP contribution < -0.4 is 14.4 Å². The van der Waals surface area contributed by atoms with Gasteiger partial charge in [0.2, 0.25) is 0 Å². The number of rotatable bonds is 3. The minimum atomic E-state index is -0.0865. The third-order valence-electron chi connectivity index (χ3n) is 4.52. The molecule has 1 aliphatic rings. The number of amides is 1. The zero-order valence-corrected chi connectivity index (χ0v) is 14.2. The maximum absolute atomic E-state index is 13.0. The molecule has 0 saturated carbocycles. The van der Waals surface area contributed by atoms with Gasteiger partial charge in [-0.05, 0) is 48.4 Å². The highest BCUT2D eigenvalue weighted by Gasteiger charge is 2.29. The summed E-state index contributed by atoms with van der Waals surface area (Å²) in [6, 6.07) is 15.1. The number of carbonyl (C=O) groups excluding carboxylic acids is 1. The van der Waals surface area contributed by atoms with Crippen molar-refractivity contribution < 1.29 is 14.3 Å². The van der Waals surface area contributed by atoms with Crippen LogP contribution in [-0.2, 0) is 6.42 Å². The van der Waals surface area contributed by atoms with Crippen LogP contribution in [0.15, 0.2) is 48.5 Å². The van der Waals surface area contributed by atoms with Crippen molar-refractivity contribution in [1.29, 1.82) is 0 Å². The molecule has 0 unspecified atom stereocenters. The first-order valence-corrected chi connectivity index (χ1v) is 8.14. The molecule has 0 radical (unpaired) electrons. The number of aromatic nitrogens is 1. The van der Waals surface area contributed by atoms with Crippen LogP contribution in [0.25, 0.3) is 10.9 Å². The summed E-state index contributed by atoms with van der Waals surface area (Å²) < 4.78 is 10.6. The van der Waals surface area contributed by atoms with E-state index in [1.165, 1.54) is 0 Å². The molecule has 0 atom stereocenters. The Kier molecular flexibility index (Phi) is 3.76. The van der Waals surface area contributed by atoms with E-state index in [2.05, 4.69) is 6.07 Å². The summed E-state index contributed by atoms with van der Waals surface area (Å²) in [5.41, 5.74) is 2.47. The Morgan fingerprint density at radius 1 is 1.08 bits per heavy atom. The van der Waals surface area contributed by atoms with Crippen molar-refractivity contribution in [2.24, 2.45) is 0 Å². The van der Waals surface area contributed by atoms with Crippen molar-refractivity contribution in [3.63, 3.8) is 0 Å². The van der Waals surface area contributed by atoms with Crippen LogP contribution in [0.1, 0.15) is 15.9 Å². The van der Waals surface area contributed by atoms with Gasteiger partial charge in [-0.1, -0.05) is 12.1 Å². The molecule has 2 aromatic carbocycles. The first-order chi connectivity index (χ1) is 12.2. The topological polar surface area (TPSA) is 51.7 Å². The number of methoxy groups -OCH3 is 2. The fourth-order valence-electron chi connectivity index (χ4n) is 3.24. The zero-order valence-electron chi connectivity index (χ0n) is 14.2. The van der Waals surface area contributed by atoms with E-state index in [0.29, 0.717) is 17.9 Å². The molecule has 1 aliphatic heterocycles. The predicted molar refractivity (Wildman–Crippen MR) is 96.7 cm³/mol. The molecule has 5 heteroatoms. The molecule has 1 aromatic heterocycles. The van der Waals surface area contributed by atoms with Crippen molar-refractivity contribution in [3.8, 4) is 11.5 Å². The van der Waals surface area contributed by atoms with Gasteiger partial charge in [-0.25, -0.2) is 4.98 Å². The molecule has 0 N–H and O–H groups in total. The van der Waals surface area contributed by atoms with E-state index in [9.17, 15) is 4.79 Å². The van der Waals surface area contributed by atoms with E-state index in [-0.39, 0.29) is 5.91 Å². The lowest BCUT2D eigenvalue weighted by Gasteiger charge is -2.18. The number of hydrogen-bond donors (Lipinski definition) is 0. The van der Waals surface area contributed by atoms with Crippen LogP contribution in [-0.4, -0.2) is 31.7 Å². The van der Waals surface area contributed by atoms with Crippen molar-refractivity contribution in [1.82, 2.24) is 4.98 Å². The van der Waals surface area contributed by atoms with Gasteiger partial charge in [0, 0.05) is 11.9 Å².